The van der Waals surface area contributed by atoms with Crippen LogP contribution < -0.4 is 15.4 Å². The van der Waals surface area contributed by atoms with Crippen molar-refractivity contribution in [3.8, 4) is 5.75 Å². The molecular weight excluding hydrogens is 549 g/mol. The minimum absolute atomic E-state index is 0.0502. The number of benzene rings is 2. The van der Waals surface area contributed by atoms with Gasteiger partial charge in [0.05, 0.1) is 28.7 Å². The number of nitrogens with zero attached hydrogens (tertiary/aromatic N) is 2. The summed E-state index contributed by atoms with van der Waals surface area (Å²) in [5.74, 6) is -0.578. The number of halogens is 4. The number of imidazole rings is 1. The number of carbonyl (C=O) groups is 2. The Morgan fingerprint density at radius 3 is 2.45 bits per heavy atom. The van der Waals surface area contributed by atoms with Crippen LogP contribution in [0.2, 0.25) is 5.02 Å². The summed E-state index contributed by atoms with van der Waals surface area (Å²) in [5.41, 5.74) is 1.92. The lowest BCUT2D eigenvalue weighted by Gasteiger charge is -2.40. The second kappa shape index (κ2) is 11.2. The second-order valence-corrected chi connectivity index (χ2v) is 11.5. The van der Waals surface area contributed by atoms with Crippen LogP contribution >= 0.6 is 11.6 Å². The molecule has 1 unspecified atom stereocenters. The first-order valence-corrected chi connectivity index (χ1v) is 13.3. The molecule has 0 bridgehead atoms. The van der Waals surface area contributed by atoms with Crippen molar-refractivity contribution in [2.45, 2.75) is 65.4 Å². The Kier molecular flexibility index (Phi) is 8.26. The number of hydrogen-bond donors (Lipinski definition) is 2. The van der Waals surface area contributed by atoms with E-state index in [4.69, 9.17) is 16.6 Å². The van der Waals surface area contributed by atoms with Crippen LogP contribution in [0.15, 0.2) is 36.4 Å². The van der Waals surface area contributed by atoms with E-state index in [0.29, 0.717) is 28.6 Å². The zero-order valence-electron chi connectivity index (χ0n) is 22.9. The Balaban J connectivity index is 1.75. The first kappa shape index (κ1) is 29.5. The Morgan fingerprint density at radius 2 is 1.85 bits per heavy atom. The second-order valence-electron chi connectivity index (χ2n) is 11.1. The molecule has 0 saturated heterocycles. The van der Waals surface area contributed by atoms with Crippen molar-refractivity contribution in [3.63, 3.8) is 0 Å². The molecule has 0 spiro atoms. The smallest absolute Gasteiger partial charge is 0.467 e. The molecule has 2 N–H and O–H groups in total. The summed E-state index contributed by atoms with van der Waals surface area (Å²) in [6, 6.07) is 7.79. The van der Waals surface area contributed by atoms with Crippen LogP contribution in [0.1, 0.15) is 63.4 Å². The van der Waals surface area contributed by atoms with E-state index in [1.165, 1.54) is 38.3 Å². The van der Waals surface area contributed by atoms with Gasteiger partial charge in [-0.25, -0.2) is 9.78 Å². The van der Waals surface area contributed by atoms with Gasteiger partial charge in [-0.1, -0.05) is 32.4 Å². The molecule has 1 amide bonds. The minimum atomic E-state index is -4.79. The highest BCUT2D eigenvalue weighted by Gasteiger charge is 2.35. The zero-order valence-corrected chi connectivity index (χ0v) is 23.6. The third-order valence-electron chi connectivity index (χ3n) is 7.00. The summed E-state index contributed by atoms with van der Waals surface area (Å²) in [6.45, 7) is 8.15. The number of hydrogen-bond acceptors (Lipinski definition) is 6. The van der Waals surface area contributed by atoms with Gasteiger partial charge in [-0.15, -0.1) is 13.2 Å². The van der Waals surface area contributed by atoms with Gasteiger partial charge in [0, 0.05) is 11.7 Å². The number of carbonyl (C=O) groups excluding carboxylic acids is 2. The maximum absolute atomic E-state index is 12.9. The summed E-state index contributed by atoms with van der Waals surface area (Å²) in [4.78, 5) is 29.5. The van der Waals surface area contributed by atoms with Gasteiger partial charge in [0.2, 0.25) is 5.95 Å². The number of methoxy groups -OCH3 is 1. The lowest BCUT2D eigenvalue weighted by Crippen LogP contribution is -2.39. The van der Waals surface area contributed by atoms with Gasteiger partial charge in [-0.05, 0) is 73.9 Å². The molecular formula is C28H32ClF3N4O4. The van der Waals surface area contributed by atoms with Gasteiger partial charge in [0.15, 0.2) is 0 Å². The minimum Gasteiger partial charge on any atom is -0.467 e. The van der Waals surface area contributed by atoms with Crippen molar-refractivity contribution in [2.24, 2.45) is 11.3 Å². The van der Waals surface area contributed by atoms with Crippen LogP contribution in [-0.2, 0) is 9.53 Å². The molecule has 3 atom stereocenters. The molecule has 1 heterocycles. The maximum Gasteiger partial charge on any atom is 0.573 e. The summed E-state index contributed by atoms with van der Waals surface area (Å²) in [7, 11) is 1.23. The number of anilines is 2. The zero-order chi connectivity index (χ0) is 29.4. The van der Waals surface area contributed by atoms with Crippen molar-refractivity contribution in [1.82, 2.24) is 14.9 Å². The molecule has 1 fully saturated rings. The van der Waals surface area contributed by atoms with E-state index in [0.717, 1.165) is 19.3 Å². The predicted molar refractivity (Wildman–Crippen MR) is 146 cm³/mol. The van der Waals surface area contributed by atoms with Crippen molar-refractivity contribution in [3.05, 3.63) is 47.0 Å². The molecule has 216 valence electrons. The predicted octanol–water partition coefficient (Wildman–Crippen LogP) is 7.01. The van der Waals surface area contributed by atoms with Crippen LogP contribution in [-0.4, -0.2) is 40.9 Å². The largest absolute Gasteiger partial charge is 0.573 e. The summed E-state index contributed by atoms with van der Waals surface area (Å²) < 4.78 is 48.5. The first-order chi connectivity index (χ1) is 18.7. The fraction of sp³-hybridized carbons (Fsp3) is 0.464. The summed E-state index contributed by atoms with van der Waals surface area (Å²) >= 11 is 6.59. The first-order valence-electron chi connectivity index (χ1n) is 12.9. The van der Waals surface area contributed by atoms with E-state index in [1.54, 1.807) is 12.1 Å². The van der Waals surface area contributed by atoms with Crippen LogP contribution in [0.5, 0.6) is 5.75 Å². The van der Waals surface area contributed by atoms with Gasteiger partial charge >= 0.3 is 12.3 Å². The number of nitrogens with one attached hydrogen (secondary N) is 2. The number of aromatic nitrogens is 2. The molecule has 8 nitrogen and oxygen atoms in total. The van der Waals surface area contributed by atoms with Gasteiger partial charge in [0.1, 0.15) is 11.8 Å². The molecule has 40 heavy (non-hydrogen) atoms. The highest BCUT2D eigenvalue weighted by atomic mass is 35.5. The standard InChI is InChI=1S/C28H32ClF3N4O4/c1-15-10-18(14-27(3,4)13-15)36-23-12-21(29)20(24(37)33-16(2)25(38)39-5)11-22(23)35-26(36)34-17-6-8-19(9-7-17)40-28(30,31)32/h6-9,11-12,15-16,18H,10,13-14H2,1-5H3,(H,33,37)(H,34,35)/t15-,16+,18?/m1/s1. The van der Waals surface area contributed by atoms with E-state index >= 15 is 0 Å². The van der Waals surface area contributed by atoms with Crippen LogP contribution in [0.25, 0.3) is 11.0 Å². The van der Waals surface area contributed by atoms with E-state index < -0.39 is 24.3 Å². The fourth-order valence-electron chi connectivity index (χ4n) is 5.62. The van der Waals surface area contributed by atoms with Gasteiger partial charge in [-0.2, -0.15) is 0 Å². The number of esters is 1. The number of alkyl halides is 3. The monoisotopic (exact) mass is 580 g/mol. The summed E-state index contributed by atoms with van der Waals surface area (Å²) in [5, 5.41) is 5.99. The van der Waals surface area contributed by atoms with Gasteiger partial charge < -0.3 is 24.7 Å². The lowest BCUT2D eigenvalue weighted by atomic mass is 9.70. The number of ether oxygens (including phenoxy) is 2. The highest BCUT2D eigenvalue weighted by Crippen LogP contribution is 2.46. The molecule has 0 radical (unpaired) electrons. The molecule has 0 aliphatic heterocycles. The Bertz CT molecular complexity index is 1410. The average molecular weight is 581 g/mol. The molecule has 4 rings (SSSR count). The average Bonchev–Trinajstić information content (AvgIpc) is 3.18. The van der Waals surface area contributed by atoms with Gasteiger partial charge in [-0.3, -0.25) is 4.79 Å². The van der Waals surface area contributed by atoms with Crippen molar-refractivity contribution in [2.75, 3.05) is 12.4 Å². The van der Waals surface area contributed by atoms with Crippen molar-refractivity contribution in [1.29, 1.82) is 0 Å². The van der Waals surface area contributed by atoms with Gasteiger partial charge in [0.25, 0.3) is 5.91 Å². The van der Waals surface area contributed by atoms with E-state index in [1.807, 2.05) is 0 Å². The maximum atomic E-state index is 12.9. The van der Waals surface area contributed by atoms with E-state index in [9.17, 15) is 22.8 Å². The SMILES string of the molecule is COC(=O)[C@H](C)NC(=O)c1cc2nc(Nc3ccc(OC(F)(F)F)cc3)n(C3C[C@@H](C)CC(C)(C)C3)c2cc1Cl. The van der Waals surface area contributed by atoms with E-state index in [2.05, 4.69) is 45.4 Å². The Hall–Kier alpha value is -3.47. The number of rotatable bonds is 7. The number of fused-ring (bicyclic) bond motifs is 1. The lowest BCUT2D eigenvalue weighted by molar-refractivity contribution is -0.274. The molecule has 12 heteroatoms. The van der Waals surface area contributed by atoms with Crippen LogP contribution in [0.4, 0.5) is 24.8 Å². The van der Waals surface area contributed by atoms with E-state index in [-0.39, 0.29) is 27.8 Å². The van der Waals surface area contributed by atoms with Crippen LogP contribution in [0.3, 0.4) is 0 Å². The number of amides is 1. The van der Waals surface area contributed by atoms with Crippen molar-refractivity contribution < 1.29 is 32.2 Å². The Labute approximate surface area is 235 Å². The molecule has 3 aromatic rings. The molecule has 1 saturated carbocycles. The third kappa shape index (κ3) is 6.80. The quantitative estimate of drug-likeness (QED) is 0.292. The van der Waals surface area contributed by atoms with Crippen LogP contribution in [0, 0.1) is 11.3 Å². The summed E-state index contributed by atoms with van der Waals surface area (Å²) in [6.07, 6.45) is -1.96. The molecule has 1 aliphatic rings. The molecule has 1 aromatic heterocycles. The Morgan fingerprint density at radius 1 is 1.18 bits per heavy atom. The normalized spacial score (nSPS) is 19.6. The third-order valence-corrected chi connectivity index (χ3v) is 7.31. The highest BCUT2D eigenvalue weighted by molar-refractivity contribution is 6.34. The molecule has 2 aromatic carbocycles. The topological polar surface area (TPSA) is 94.5 Å². The molecule has 1 aliphatic carbocycles. The van der Waals surface area contributed by atoms with Crippen molar-refractivity contribution >= 4 is 46.1 Å². The fourth-order valence-corrected chi connectivity index (χ4v) is 5.86.